The molecule has 3 nitrogen and oxygen atoms in total. The second kappa shape index (κ2) is 6.37. The summed E-state index contributed by atoms with van der Waals surface area (Å²) in [6.07, 6.45) is 0. The van der Waals surface area contributed by atoms with Gasteiger partial charge in [-0.2, -0.15) is 0 Å². The lowest BCUT2D eigenvalue weighted by molar-refractivity contribution is 0.0703. The average Bonchev–Trinajstić information content (AvgIpc) is 2.23. The van der Waals surface area contributed by atoms with Crippen LogP contribution in [0.2, 0.25) is 0 Å². The number of hydrogen-bond acceptors (Lipinski definition) is 3. The minimum atomic E-state index is -0.313. The van der Waals surface area contributed by atoms with Crippen LogP contribution in [0.4, 0.5) is 4.39 Å². The molecule has 0 amide bonds. The van der Waals surface area contributed by atoms with Crippen LogP contribution in [-0.2, 0) is 4.74 Å². The molecule has 0 saturated carbocycles. The lowest BCUT2D eigenvalue weighted by Gasteiger charge is -2.09. The van der Waals surface area contributed by atoms with E-state index in [0.29, 0.717) is 25.6 Å². The number of aliphatic hydroxyl groups is 1. The number of hydrogen-bond donors (Lipinski definition) is 1. The smallest absolute Gasteiger partial charge is 0.126 e. The molecule has 0 heterocycles. The van der Waals surface area contributed by atoms with Crippen LogP contribution < -0.4 is 4.74 Å². The van der Waals surface area contributed by atoms with Crippen molar-refractivity contribution in [3.8, 4) is 5.75 Å². The van der Waals surface area contributed by atoms with Gasteiger partial charge in [-0.15, -0.1) is 0 Å². The molecule has 1 aromatic carbocycles. The van der Waals surface area contributed by atoms with E-state index in [4.69, 9.17) is 14.6 Å². The summed E-state index contributed by atoms with van der Waals surface area (Å²) in [6, 6.07) is 4.41. The van der Waals surface area contributed by atoms with Crippen molar-refractivity contribution in [1.29, 1.82) is 0 Å². The first-order chi connectivity index (χ1) is 7.24. The van der Waals surface area contributed by atoms with Gasteiger partial charge in [0.1, 0.15) is 18.2 Å². The van der Waals surface area contributed by atoms with Gasteiger partial charge in [0, 0.05) is 6.07 Å². The Balaban J connectivity index is 2.33. The Labute approximate surface area is 88.4 Å². The number of rotatable bonds is 6. The van der Waals surface area contributed by atoms with Gasteiger partial charge in [0.25, 0.3) is 0 Å². The van der Waals surface area contributed by atoms with Gasteiger partial charge in [0.15, 0.2) is 0 Å². The zero-order valence-electron chi connectivity index (χ0n) is 8.70. The third-order valence-electron chi connectivity index (χ3n) is 1.87. The molecular formula is C11H15FO3. The molecule has 0 aliphatic carbocycles. The van der Waals surface area contributed by atoms with Gasteiger partial charge in [-0.3, -0.25) is 0 Å². The van der Waals surface area contributed by atoms with Crippen molar-refractivity contribution in [1.82, 2.24) is 0 Å². The SMILES string of the molecule is Cc1ccc(F)cc1OCCOCCO. The summed E-state index contributed by atoms with van der Waals surface area (Å²) in [5.41, 5.74) is 0.888. The van der Waals surface area contributed by atoms with Crippen LogP contribution in [0.25, 0.3) is 0 Å². The van der Waals surface area contributed by atoms with Crippen LogP contribution in [0, 0.1) is 12.7 Å². The molecule has 0 unspecified atom stereocenters. The molecule has 84 valence electrons. The fraction of sp³-hybridized carbons (Fsp3) is 0.455. The number of ether oxygens (including phenoxy) is 2. The van der Waals surface area contributed by atoms with Gasteiger partial charge in [-0.25, -0.2) is 4.39 Å². The van der Waals surface area contributed by atoms with Crippen LogP contribution >= 0.6 is 0 Å². The summed E-state index contributed by atoms with van der Waals surface area (Å²) in [6.45, 7) is 2.88. The molecule has 0 aliphatic heterocycles. The number of halogens is 1. The number of aliphatic hydroxyl groups excluding tert-OH is 1. The van der Waals surface area contributed by atoms with Crippen LogP contribution in [0.1, 0.15) is 5.56 Å². The molecule has 0 spiro atoms. The summed E-state index contributed by atoms with van der Waals surface area (Å²) in [5.74, 6) is 0.217. The molecule has 4 heteroatoms. The van der Waals surface area contributed by atoms with E-state index in [9.17, 15) is 4.39 Å². The topological polar surface area (TPSA) is 38.7 Å². The van der Waals surface area contributed by atoms with Crippen LogP contribution in [0.15, 0.2) is 18.2 Å². The summed E-state index contributed by atoms with van der Waals surface area (Å²) in [7, 11) is 0. The largest absolute Gasteiger partial charge is 0.491 e. The normalized spacial score (nSPS) is 10.3. The fourth-order valence-electron chi connectivity index (χ4n) is 1.11. The van der Waals surface area contributed by atoms with Crippen molar-refractivity contribution in [3.05, 3.63) is 29.6 Å². The maximum atomic E-state index is 12.8. The molecule has 1 rings (SSSR count). The highest BCUT2D eigenvalue weighted by molar-refractivity contribution is 5.32. The van der Waals surface area contributed by atoms with Crippen LogP contribution in [0.3, 0.4) is 0 Å². The molecule has 1 aromatic rings. The van der Waals surface area contributed by atoms with Crippen molar-refractivity contribution >= 4 is 0 Å². The van der Waals surface area contributed by atoms with E-state index in [1.807, 2.05) is 6.92 Å². The molecule has 1 N–H and O–H groups in total. The van der Waals surface area contributed by atoms with Crippen molar-refractivity contribution in [2.75, 3.05) is 26.4 Å². The number of aryl methyl sites for hydroxylation is 1. The van der Waals surface area contributed by atoms with Crippen molar-refractivity contribution in [3.63, 3.8) is 0 Å². The Morgan fingerprint density at radius 2 is 2.07 bits per heavy atom. The quantitative estimate of drug-likeness (QED) is 0.730. The third kappa shape index (κ3) is 4.27. The monoisotopic (exact) mass is 214 g/mol. The summed E-state index contributed by atoms with van der Waals surface area (Å²) >= 11 is 0. The Morgan fingerprint density at radius 3 is 2.80 bits per heavy atom. The van der Waals surface area contributed by atoms with E-state index in [-0.39, 0.29) is 12.4 Å². The van der Waals surface area contributed by atoms with Gasteiger partial charge in [0.05, 0.1) is 19.8 Å². The molecule has 0 bridgehead atoms. The average molecular weight is 214 g/mol. The second-order valence-electron chi connectivity index (χ2n) is 3.09. The van der Waals surface area contributed by atoms with E-state index in [0.717, 1.165) is 5.56 Å². The fourth-order valence-corrected chi connectivity index (χ4v) is 1.11. The molecular weight excluding hydrogens is 199 g/mol. The third-order valence-corrected chi connectivity index (χ3v) is 1.87. The predicted octanol–water partition coefficient (Wildman–Crippen LogP) is 1.52. The molecule has 0 radical (unpaired) electrons. The van der Waals surface area contributed by atoms with Gasteiger partial charge in [-0.1, -0.05) is 6.07 Å². The number of benzene rings is 1. The maximum absolute atomic E-state index is 12.8. The van der Waals surface area contributed by atoms with Crippen LogP contribution in [-0.4, -0.2) is 31.5 Å². The highest BCUT2D eigenvalue weighted by Crippen LogP contribution is 2.18. The van der Waals surface area contributed by atoms with E-state index in [2.05, 4.69) is 0 Å². The van der Waals surface area contributed by atoms with Crippen molar-refractivity contribution in [2.24, 2.45) is 0 Å². The van der Waals surface area contributed by atoms with Gasteiger partial charge in [0.2, 0.25) is 0 Å². The van der Waals surface area contributed by atoms with E-state index < -0.39 is 0 Å². The standard InChI is InChI=1S/C11H15FO3/c1-9-2-3-10(12)8-11(9)15-7-6-14-5-4-13/h2-3,8,13H,4-7H2,1H3. The van der Waals surface area contributed by atoms with Crippen molar-refractivity contribution < 1.29 is 19.0 Å². The lowest BCUT2D eigenvalue weighted by Crippen LogP contribution is -2.09. The maximum Gasteiger partial charge on any atom is 0.126 e. The first-order valence-corrected chi connectivity index (χ1v) is 4.81. The second-order valence-corrected chi connectivity index (χ2v) is 3.09. The molecule has 0 atom stereocenters. The molecule has 0 fully saturated rings. The van der Waals surface area contributed by atoms with E-state index in [1.54, 1.807) is 6.07 Å². The summed E-state index contributed by atoms with van der Waals surface area (Å²) in [5, 5.41) is 8.45. The van der Waals surface area contributed by atoms with E-state index in [1.165, 1.54) is 12.1 Å². The van der Waals surface area contributed by atoms with E-state index >= 15 is 0 Å². The van der Waals surface area contributed by atoms with Crippen LogP contribution in [0.5, 0.6) is 5.75 Å². The molecule has 0 saturated heterocycles. The lowest BCUT2D eigenvalue weighted by atomic mass is 10.2. The van der Waals surface area contributed by atoms with Gasteiger partial charge >= 0.3 is 0 Å². The summed E-state index contributed by atoms with van der Waals surface area (Å²) in [4.78, 5) is 0. The highest BCUT2D eigenvalue weighted by atomic mass is 19.1. The predicted molar refractivity (Wildman–Crippen MR) is 54.5 cm³/mol. The minimum absolute atomic E-state index is 0.000999. The molecule has 0 aromatic heterocycles. The van der Waals surface area contributed by atoms with Gasteiger partial charge < -0.3 is 14.6 Å². The Kier molecular flexibility index (Phi) is 5.07. The zero-order chi connectivity index (χ0) is 11.1. The summed E-state index contributed by atoms with van der Waals surface area (Å²) < 4.78 is 23.2. The Morgan fingerprint density at radius 1 is 1.27 bits per heavy atom. The first kappa shape index (κ1) is 11.9. The zero-order valence-corrected chi connectivity index (χ0v) is 8.70. The Bertz CT molecular complexity index is 302. The Hall–Kier alpha value is -1.13. The van der Waals surface area contributed by atoms with Crippen molar-refractivity contribution in [2.45, 2.75) is 6.92 Å². The highest BCUT2D eigenvalue weighted by Gasteiger charge is 2.00. The minimum Gasteiger partial charge on any atom is -0.491 e. The molecule has 0 aliphatic rings. The molecule has 15 heavy (non-hydrogen) atoms. The first-order valence-electron chi connectivity index (χ1n) is 4.81. The van der Waals surface area contributed by atoms with Gasteiger partial charge in [-0.05, 0) is 18.6 Å².